The molecule has 0 aromatic rings. The van der Waals surface area contributed by atoms with Gasteiger partial charge in [-0.3, -0.25) is 9.59 Å². The molecule has 0 rings (SSSR count). The first-order valence-corrected chi connectivity index (χ1v) is 6.21. The number of urea groups is 1. The van der Waals surface area contributed by atoms with Crippen molar-refractivity contribution in [2.45, 2.75) is 39.7 Å². The maximum atomic E-state index is 11.6. The highest BCUT2D eigenvalue weighted by Gasteiger charge is 2.16. The van der Waals surface area contributed by atoms with Gasteiger partial charge in [0.1, 0.15) is 6.54 Å². The molecule has 3 N–H and O–H groups in total. The van der Waals surface area contributed by atoms with Crippen molar-refractivity contribution < 1.29 is 19.5 Å². The van der Waals surface area contributed by atoms with Gasteiger partial charge in [-0.2, -0.15) is 0 Å². The van der Waals surface area contributed by atoms with Crippen LogP contribution in [0.4, 0.5) is 4.79 Å². The van der Waals surface area contributed by atoms with Crippen LogP contribution in [0, 0.1) is 0 Å². The van der Waals surface area contributed by atoms with Gasteiger partial charge in [0.2, 0.25) is 5.91 Å². The Morgan fingerprint density at radius 1 is 1.21 bits per heavy atom. The van der Waals surface area contributed by atoms with Gasteiger partial charge in [-0.1, -0.05) is 0 Å². The van der Waals surface area contributed by atoms with Crippen molar-refractivity contribution in [1.82, 2.24) is 15.5 Å². The molecule has 0 aliphatic rings. The van der Waals surface area contributed by atoms with Crippen LogP contribution in [0.1, 0.15) is 34.1 Å². The summed E-state index contributed by atoms with van der Waals surface area (Å²) in [7, 11) is 0. The lowest BCUT2D eigenvalue weighted by molar-refractivity contribution is -0.137. The Bertz CT molecular complexity index is 336. The molecule has 0 saturated heterocycles. The Morgan fingerprint density at radius 3 is 2.21 bits per heavy atom. The molecule has 0 saturated carbocycles. The highest BCUT2D eigenvalue weighted by atomic mass is 16.4. The molecule has 7 nitrogen and oxygen atoms in total. The summed E-state index contributed by atoms with van der Waals surface area (Å²) in [6, 6.07) is -0.478. The first kappa shape index (κ1) is 17.2. The van der Waals surface area contributed by atoms with Crippen LogP contribution in [0.15, 0.2) is 0 Å². The molecule has 3 amide bonds. The maximum Gasteiger partial charge on any atom is 0.323 e. The Kier molecular flexibility index (Phi) is 6.89. The van der Waals surface area contributed by atoms with E-state index in [4.69, 9.17) is 5.11 Å². The van der Waals surface area contributed by atoms with E-state index in [1.54, 1.807) is 6.92 Å². The molecule has 0 aliphatic carbocycles. The fourth-order valence-electron chi connectivity index (χ4n) is 1.37. The van der Waals surface area contributed by atoms with Gasteiger partial charge in [-0.15, -0.1) is 0 Å². The van der Waals surface area contributed by atoms with Gasteiger partial charge in [-0.25, -0.2) is 4.79 Å². The molecule has 0 aromatic carbocycles. The molecule has 0 radical (unpaired) electrons. The summed E-state index contributed by atoms with van der Waals surface area (Å²) in [4.78, 5) is 34.8. The summed E-state index contributed by atoms with van der Waals surface area (Å²) in [6.45, 7) is 7.42. The summed E-state index contributed by atoms with van der Waals surface area (Å²) in [5.41, 5.74) is -0.306. The minimum atomic E-state index is -1.07. The highest BCUT2D eigenvalue weighted by Crippen LogP contribution is 1.98. The number of rotatable bonds is 6. The SMILES string of the molecule is CCN(CC(=O)O)C(=O)NCCC(=O)NC(C)(C)C. The summed E-state index contributed by atoms with van der Waals surface area (Å²) in [6.07, 6.45) is 0.160. The van der Waals surface area contributed by atoms with Crippen molar-refractivity contribution in [3.8, 4) is 0 Å². The zero-order chi connectivity index (χ0) is 15.1. The van der Waals surface area contributed by atoms with E-state index < -0.39 is 12.0 Å². The van der Waals surface area contributed by atoms with E-state index in [1.807, 2.05) is 20.8 Å². The van der Waals surface area contributed by atoms with Gasteiger partial charge in [0.15, 0.2) is 0 Å². The van der Waals surface area contributed by atoms with Crippen LogP contribution < -0.4 is 10.6 Å². The third kappa shape index (κ3) is 8.87. The fourth-order valence-corrected chi connectivity index (χ4v) is 1.37. The number of hydrogen-bond donors (Lipinski definition) is 3. The average molecular weight is 273 g/mol. The zero-order valence-corrected chi connectivity index (χ0v) is 11.9. The van der Waals surface area contributed by atoms with Crippen molar-refractivity contribution >= 4 is 17.9 Å². The Balaban J connectivity index is 4.02. The minimum Gasteiger partial charge on any atom is -0.480 e. The summed E-state index contributed by atoms with van der Waals surface area (Å²) < 4.78 is 0. The Morgan fingerprint density at radius 2 is 1.79 bits per heavy atom. The fraction of sp³-hybridized carbons (Fsp3) is 0.750. The number of nitrogens with one attached hydrogen (secondary N) is 2. The van der Waals surface area contributed by atoms with Crippen LogP contribution >= 0.6 is 0 Å². The van der Waals surface area contributed by atoms with Crippen molar-refractivity contribution in [1.29, 1.82) is 0 Å². The number of carboxylic acids is 1. The lowest BCUT2D eigenvalue weighted by Crippen LogP contribution is -2.45. The van der Waals surface area contributed by atoms with E-state index in [0.717, 1.165) is 4.90 Å². The maximum absolute atomic E-state index is 11.6. The Labute approximate surface area is 113 Å². The van der Waals surface area contributed by atoms with E-state index in [2.05, 4.69) is 10.6 Å². The quantitative estimate of drug-likeness (QED) is 0.652. The first-order valence-electron chi connectivity index (χ1n) is 6.21. The van der Waals surface area contributed by atoms with Crippen LogP contribution in [0.25, 0.3) is 0 Å². The number of carbonyl (C=O) groups is 3. The van der Waals surface area contributed by atoms with Crippen molar-refractivity contribution in [3.05, 3.63) is 0 Å². The van der Waals surface area contributed by atoms with Crippen LogP contribution in [-0.2, 0) is 9.59 Å². The summed E-state index contributed by atoms with van der Waals surface area (Å²) in [5, 5.41) is 13.9. The molecule has 7 heteroatoms. The molecule has 0 fully saturated rings. The number of carboxylic acid groups (broad SMARTS) is 1. The van der Waals surface area contributed by atoms with E-state index in [1.165, 1.54) is 0 Å². The van der Waals surface area contributed by atoms with Gasteiger partial charge < -0.3 is 20.6 Å². The van der Waals surface area contributed by atoms with Crippen molar-refractivity contribution in [3.63, 3.8) is 0 Å². The van der Waals surface area contributed by atoms with Crippen LogP contribution in [0.3, 0.4) is 0 Å². The number of nitrogens with zero attached hydrogens (tertiary/aromatic N) is 1. The second kappa shape index (κ2) is 7.60. The van der Waals surface area contributed by atoms with E-state index >= 15 is 0 Å². The van der Waals surface area contributed by atoms with Gasteiger partial charge in [0.05, 0.1) is 0 Å². The number of likely N-dealkylation sites (N-methyl/N-ethyl adjacent to an activating group) is 1. The predicted octanol–water partition coefficient (Wildman–Crippen LogP) is 0.407. The monoisotopic (exact) mass is 273 g/mol. The van der Waals surface area contributed by atoms with Crippen LogP contribution in [0.2, 0.25) is 0 Å². The van der Waals surface area contributed by atoms with Crippen LogP contribution in [-0.4, -0.2) is 53.1 Å². The van der Waals surface area contributed by atoms with Crippen molar-refractivity contribution in [2.24, 2.45) is 0 Å². The Hall–Kier alpha value is -1.79. The van der Waals surface area contributed by atoms with Gasteiger partial charge in [-0.05, 0) is 27.7 Å². The van der Waals surface area contributed by atoms with Gasteiger partial charge in [0, 0.05) is 25.0 Å². The molecule has 19 heavy (non-hydrogen) atoms. The number of carbonyl (C=O) groups excluding carboxylic acids is 2. The van der Waals surface area contributed by atoms with E-state index in [9.17, 15) is 14.4 Å². The topological polar surface area (TPSA) is 98.7 Å². The molecule has 0 aliphatic heterocycles. The molecule has 0 unspecified atom stereocenters. The molecule has 0 atom stereocenters. The third-order valence-electron chi connectivity index (χ3n) is 2.14. The molecule has 0 spiro atoms. The molecular weight excluding hydrogens is 250 g/mol. The van der Waals surface area contributed by atoms with Gasteiger partial charge in [0.25, 0.3) is 0 Å². The zero-order valence-electron chi connectivity index (χ0n) is 11.9. The summed E-state index contributed by atoms with van der Waals surface area (Å²) >= 11 is 0. The third-order valence-corrected chi connectivity index (χ3v) is 2.14. The molecule has 0 aromatic heterocycles. The standard InChI is InChI=1S/C12H23N3O4/c1-5-15(8-10(17)18)11(19)13-7-6-9(16)14-12(2,3)4/h5-8H2,1-4H3,(H,13,19)(H,14,16)(H,17,18). The lowest BCUT2D eigenvalue weighted by Gasteiger charge is -2.21. The molecule has 0 bridgehead atoms. The largest absolute Gasteiger partial charge is 0.480 e. The minimum absolute atomic E-state index is 0.158. The van der Waals surface area contributed by atoms with Gasteiger partial charge >= 0.3 is 12.0 Å². The lowest BCUT2D eigenvalue weighted by atomic mass is 10.1. The molecule has 110 valence electrons. The predicted molar refractivity (Wildman–Crippen MR) is 70.8 cm³/mol. The normalized spacial score (nSPS) is 10.7. The van der Waals surface area contributed by atoms with E-state index in [0.29, 0.717) is 6.54 Å². The average Bonchev–Trinajstić information content (AvgIpc) is 2.22. The summed E-state index contributed by atoms with van der Waals surface area (Å²) in [5.74, 6) is -1.23. The molecular formula is C12H23N3O4. The number of hydrogen-bond acceptors (Lipinski definition) is 3. The smallest absolute Gasteiger partial charge is 0.323 e. The molecule has 0 heterocycles. The first-order chi connectivity index (χ1) is 8.65. The number of aliphatic carboxylic acids is 1. The second-order valence-corrected chi connectivity index (χ2v) is 5.19. The van der Waals surface area contributed by atoms with E-state index in [-0.39, 0.29) is 31.0 Å². The number of amides is 3. The second-order valence-electron chi connectivity index (χ2n) is 5.19. The van der Waals surface area contributed by atoms with Crippen molar-refractivity contribution in [2.75, 3.05) is 19.6 Å². The van der Waals surface area contributed by atoms with Crippen LogP contribution in [0.5, 0.6) is 0 Å². The highest BCUT2D eigenvalue weighted by molar-refractivity contribution is 5.81.